The van der Waals surface area contributed by atoms with Gasteiger partial charge in [0.15, 0.2) is 0 Å². The minimum atomic E-state index is -6.00. The molecule has 2 atom stereocenters. The largest absolute Gasteiger partial charge is 2.00 e. The van der Waals surface area contributed by atoms with Gasteiger partial charge in [0.25, 0.3) is 0 Å². The van der Waals surface area contributed by atoms with Crippen molar-refractivity contribution in [2.45, 2.75) is 120 Å². The average molecular weight is 1090 g/mol. The summed E-state index contributed by atoms with van der Waals surface area (Å²) >= 11 is 0. The molecule has 0 saturated heterocycles. The molecule has 0 unspecified atom stereocenters. The zero-order chi connectivity index (χ0) is 53.8. The van der Waals surface area contributed by atoms with E-state index in [9.17, 15) is 34.5 Å². The number of nitrogens with zero attached hydrogens (tertiary/aromatic N) is 2. The van der Waals surface area contributed by atoms with Gasteiger partial charge in [0, 0.05) is 39.0 Å². The Hall–Kier alpha value is -4.83. The molecule has 6 aromatic rings. The van der Waals surface area contributed by atoms with Crippen LogP contribution >= 0.6 is 15.8 Å². The van der Waals surface area contributed by atoms with Gasteiger partial charge in [-0.3, -0.25) is 0 Å². The molecule has 2 N–H and O–H groups in total. The molecule has 390 valence electrons. The standard InChI is InChI=1S/C52H60N2P2.2C2H3N.2BF4.Fe/c1-35-21-25-47(39(5)29-35)55(48-26-22-36(2)30-40(48)6)51-19-13-9-15-43(51)33-53-45-17-11-12-18-46(45)54-34-44-16-10-14-20-52(44)56(49-27-23-37(3)31-41(49)7)50-28-24-38(4)32-42(50)8;2*1-2-3;2*2-1(3,4)5;/h9-10,13-16,19-32,45-46,53-54H,11-12,17-18,33-34H2,1-8H3;2*1H3;;;/q;;;2*-1;+2/t45-,46-;;;;;/m1...../s1. The maximum Gasteiger partial charge on any atom is 2.00 e. The molecule has 1 fully saturated rings. The zero-order valence-corrected chi connectivity index (χ0v) is 46.2. The Morgan fingerprint density at radius 3 is 0.904 bits per heavy atom. The number of hydrogen-bond donors (Lipinski definition) is 2. The number of rotatable bonds is 12. The average Bonchev–Trinajstić information content (AvgIpc) is 3.28. The van der Waals surface area contributed by atoms with Crippen LogP contribution in [-0.2, 0) is 30.2 Å². The first kappa shape index (κ1) is 64.3. The van der Waals surface area contributed by atoms with Gasteiger partial charge in [-0.1, -0.05) is 156 Å². The molecule has 0 amide bonds. The monoisotopic (exact) mass is 1090 g/mol. The van der Waals surface area contributed by atoms with Gasteiger partial charge in [0.05, 0.1) is 12.1 Å². The summed E-state index contributed by atoms with van der Waals surface area (Å²) in [6, 6.07) is 51.0. The van der Waals surface area contributed by atoms with Crippen molar-refractivity contribution < 1.29 is 51.6 Å². The van der Waals surface area contributed by atoms with E-state index in [1.807, 2.05) is 0 Å². The molecule has 0 heterocycles. The maximum atomic E-state index is 9.75. The molecule has 4 nitrogen and oxygen atoms in total. The molecule has 17 heteroatoms. The molecule has 0 spiro atoms. The van der Waals surface area contributed by atoms with Crippen molar-refractivity contribution in [3.05, 3.63) is 177 Å². The van der Waals surface area contributed by atoms with Crippen molar-refractivity contribution in [3.8, 4) is 12.1 Å². The maximum absolute atomic E-state index is 9.75. The summed E-state index contributed by atoms with van der Waals surface area (Å²) in [6.07, 6.45) is 4.94. The number of hydrogen-bond acceptors (Lipinski definition) is 4. The van der Waals surface area contributed by atoms with Gasteiger partial charge in [-0.25, -0.2) is 0 Å². The molecule has 0 aliphatic heterocycles. The molecular formula is C56H66B2F8FeN4P2. The van der Waals surface area contributed by atoms with Crippen molar-refractivity contribution in [1.29, 1.82) is 10.5 Å². The molecule has 7 rings (SSSR count). The first-order chi connectivity index (χ1) is 33.9. The minimum Gasteiger partial charge on any atom is -0.418 e. The van der Waals surface area contributed by atoms with Crippen molar-refractivity contribution in [2.75, 3.05) is 0 Å². The quantitative estimate of drug-likeness (QED) is 0.0728. The van der Waals surface area contributed by atoms with Crippen LogP contribution in [0.1, 0.15) is 95.2 Å². The second-order valence-corrected chi connectivity index (χ2v) is 22.0. The van der Waals surface area contributed by atoms with Gasteiger partial charge in [0.1, 0.15) is 0 Å². The van der Waals surface area contributed by atoms with Crippen LogP contribution in [0.4, 0.5) is 34.5 Å². The van der Waals surface area contributed by atoms with Crippen LogP contribution in [0.15, 0.2) is 121 Å². The van der Waals surface area contributed by atoms with Crippen molar-refractivity contribution in [1.82, 2.24) is 10.6 Å². The molecule has 1 saturated carbocycles. The predicted molar refractivity (Wildman–Crippen MR) is 291 cm³/mol. The smallest absolute Gasteiger partial charge is 0.418 e. The Morgan fingerprint density at radius 1 is 0.438 bits per heavy atom. The van der Waals surface area contributed by atoms with E-state index >= 15 is 0 Å². The molecule has 1 aliphatic rings. The fourth-order valence-corrected chi connectivity index (χ4v) is 14.3. The number of nitriles is 2. The summed E-state index contributed by atoms with van der Waals surface area (Å²) in [5.74, 6) is 0. The molecule has 0 radical (unpaired) electrons. The van der Waals surface area contributed by atoms with Gasteiger partial charge in [-0.2, -0.15) is 10.5 Å². The first-order valence-corrected chi connectivity index (χ1v) is 26.5. The summed E-state index contributed by atoms with van der Waals surface area (Å²) in [5.41, 5.74) is 13.7. The van der Waals surface area contributed by atoms with E-state index in [1.54, 1.807) is 12.1 Å². The SMILES string of the molecule is CC#N.CC#N.Cc1ccc(P(c2ccc(C)cc2C)c2ccccc2CN[C@@H]2CCCC[C@H]2NCc2ccccc2P(c2ccc(C)cc2C)c2ccc(C)cc2C)c(C)c1.F[B-](F)(F)F.F[B-](F)(F)F.[Fe+2]. The molecule has 6 aromatic carbocycles. The second kappa shape index (κ2) is 31.1. The van der Waals surface area contributed by atoms with Crippen molar-refractivity contribution >= 4 is 62.2 Å². The Balaban J connectivity index is 0.000000943. The van der Waals surface area contributed by atoms with Gasteiger partial charge >= 0.3 is 31.6 Å². The number of benzene rings is 6. The molecule has 0 aromatic heterocycles. The molecule has 0 bridgehead atoms. The topological polar surface area (TPSA) is 71.6 Å². The third-order valence-corrected chi connectivity index (χ3v) is 17.5. The van der Waals surface area contributed by atoms with Crippen LogP contribution in [-0.4, -0.2) is 26.6 Å². The fourth-order valence-electron chi connectivity index (χ4n) is 8.86. The third-order valence-electron chi connectivity index (χ3n) is 11.7. The van der Waals surface area contributed by atoms with Crippen LogP contribution in [0.3, 0.4) is 0 Å². The summed E-state index contributed by atoms with van der Waals surface area (Å²) in [7, 11) is -13.4. The number of halogens is 8. The molecule has 1 aliphatic carbocycles. The number of nitrogens with one attached hydrogen (secondary N) is 2. The summed E-state index contributed by atoms with van der Waals surface area (Å²) in [4.78, 5) is 0. The van der Waals surface area contributed by atoms with Gasteiger partial charge in [0.2, 0.25) is 0 Å². The Kier molecular flexibility index (Phi) is 27.4. The first-order valence-electron chi connectivity index (χ1n) is 23.8. The van der Waals surface area contributed by atoms with Crippen LogP contribution in [0.25, 0.3) is 0 Å². The van der Waals surface area contributed by atoms with Crippen LogP contribution in [0.2, 0.25) is 0 Å². The van der Waals surface area contributed by atoms with E-state index in [-0.39, 0.29) is 17.1 Å². The summed E-state index contributed by atoms with van der Waals surface area (Å²) in [6.45, 7) is 22.6. The number of aryl methyl sites for hydroxylation is 8. The van der Waals surface area contributed by atoms with Crippen LogP contribution in [0, 0.1) is 78.1 Å². The normalized spacial score (nSPS) is 14.0. The van der Waals surface area contributed by atoms with Gasteiger partial charge in [-0.05, 0) is 149 Å². The van der Waals surface area contributed by atoms with E-state index in [1.165, 1.54) is 127 Å². The Morgan fingerprint density at radius 2 is 0.671 bits per heavy atom. The fraction of sp³-hybridized carbons (Fsp3) is 0.321. The molecule has 73 heavy (non-hydrogen) atoms. The minimum absolute atomic E-state index is 0. The van der Waals surface area contributed by atoms with E-state index in [4.69, 9.17) is 10.5 Å². The van der Waals surface area contributed by atoms with Crippen LogP contribution < -0.4 is 42.5 Å². The van der Waals surface area contributed by atoms with Crippen molar-refractivity contribution in [3.63, 3.8) is 0 Å². The third kappa shape index (κ3) is 21.9. The van der Waals surface area contributed by atoms with E-state index in [2.05, 4.69) is 187 Å². The zero-order valence-electron chi connectivity index (χ0n) is 43.3. The van der Waals surface area contributed by atoms with Crippen LogP contribution in [0.5, 0.6) is 0 Å². The second-order valence-electron chi connectivity index (χ2n) is 17.8. The van der Waals surface area contributed by atoms with Gasteiger partial charge in [-0.15, -0.1) is 0 Å². The van der Waals surface area contributed by atoms with E-state index < -0.39 is 30.4 Å². The summed E-state index contributed by atoms with van der Waals surface area (Å²) < 4.78 is 78.0. The van der Waals surface area contributed by atoms with E-state index in [0.717, 1.165) is 13.1 Å². The van der Waals surface area contributed by atoms with Crippen molar-refractivity contribution in [2.24, 2.45) is 0 Å². The molecular weight excluding hydrogens is 1020 g/mol. The van der Waals surface area contributed by atoms with E-state index in [0.29, 0.717) is 12.1 Å². The van der Waals surface area contributed by atoms with Gasteiger partial charge < -0.3 is 45.2 Å². The summed E-state index contributed by atoms with van der Waals surface area (Å²) in [5, 5.41) is 31.7. The predicted octanol–water partition coefficient (Wildman–Crippen LogP) is 13.5. The Bertz CT molecular complexity index is 2460. The Labute approximate surface area is 442 Å².